The van der Waals surface area contributed by atoms with Gasteiger partial charge >= 0.3 is 5.97 Å². The summed E-state index contributed by atoms with van der Waals surface area (Å²) < 4.78 is 41.5. The van der Waals surface area contributed by atoms with E-state index < -0.39 is 16.1 Å². The number of benzene rings is 3. The van der Waals surface area contributed by atoms with Gasteiger partial charge in [0, 0.05) is 35.1 Å². The van der Waals surface area contributed by atoms with Gasteiger partial charge in [0.05, 0.1) is 35.2 Å². The molecule has 1 aromatic heterocycles. The van der Waals surface area contributed by atoms with E-state index in [4.69, 9.17) is 9.47 Å². The quantitative estimate of drug-likeness (QED) is 0.275. The molecule has 0 bridgehead atoms. The molecule has 3 aromatic carbocycles. The van der Waals surface area contributed by atoms with Crippen molar-refractivity contribution in [1.82, 2.24) is 8.87 Å². The first-order valence-electron chi connectivity index (χ1n) is 14.2. The first-order valence-corrected chi connectivity index (χ1v) is 15.7. The Kier molecular flexibility index (Phi) is 6.37. The number of hydrogen-bond donors (Lipinski definition) is 0. The minimum Gasteiger partial charge on any atom is -0.463 e. The molecule has 8 heteroatoms. The molecule has 1 saturated heterocycles. The SMILES string of the molecule is CCOC(=O)C1=C[C@@H](c2cn(S(=O)(=O)c3ccccc3)c3ccccc23)N2[C@H](O[C@@H]3Cc4ccccc4[C@@H]32)[C@H]1CC. The van der Waals surface area contributed by atoms with Crippen molar-refractivity contribution in [1.29, 1.82) is 0 Å². The third kappa shape index (κ3) is 4.00. The highest BCUT2D eigenvalue weighted by molar-refractivity contribution is 7.90. The van der Waals surface area contributed by atoms with Crippen molar-refractivity contribution in [2.24, 2.45) is 5.92 Å². The first-order chi connectivity index (χ1) is 19.9. The van der Waals surface area contributed by atoms with Crippen molar-refractivity contribution >= 4 is 26.9 Å². The summed E-state index contributed by atoms with van der Waals surface area (Å²) in [4.78, 5) is 15.9. The number of rotatable bonds is 6. The summed E-state index contributed by atoms with van der Waals surface area (Å²) >= 11 is 0. The zero-order chi connectivity index (χ0) is 28.3. The molecule has 0 N–H and O–H groups in total. The molecule has 7 rings (SSSR count). The highest BCUT2D eigenvalue weighted by Crippen LogP contribution is 2.54. The average Bonchev–Trinajstić information content (AvgIpc) is 3.67. The number of hydrogen-bond acceptors (Lipinski definition) is 6. The summed E-state index contributed by atoms with van der Waals surface area (Å²) in [5.74, 6) is -0.504. The molecular weight excluding hydrogens is 536 g/mol. The Morgan fingerprint density at radius 3 is 2.46 bits per heavy atom. The predicted octanol–water partition coefficient (Wildman–Crippen LogP) is 5.77. The van der Waals surface area contributed by atoms with E-state index in [1.54, 1.807) is 36.5 Å². The Labute approximate surface area is 240 Å². The second-order valence-corrected chi connectivity index (χ2v) is 12.7. The molecule has 5 atom stereocenters. The number of carbonyl (C=O) groups excluding carboxylic acids is 1. The molecule has 0 spiro atoms. The molecule has 41 heavy (non-hydrogen) atoms. The number of para-hydroxylation sites is 1. The van der Waals surface area contributed by atoms with Crippen LogP contribution in [-0.4, -0.2) is 42.2 Å². The van der Waals surface area contributed by atoms with Crippen LogP contribution in [0.2, 0.25) is 0 Å². The molecule has 0 unspecified atom stereocenters. The summed E-state index contributed by atoms with van der Waals surface area (Å²) in [6.07, 6.45) is 4.85. The zero-order valence-electron chi connectivity index (χ0n) is 23.0. The van der Waals surface area contributed by atoms with Crippen LogP contribution >= 0.6 is 0 Å². The van der Waals surface area contributed by atoms with E-state index in [0.717, 1.165) is 17.4 Å². The number of nitrogens with zero attached hydrogens (tertiary/aromatic N) is 2. The normalized spacial score (nSPS) is 25.4. The van der Waals surface area contributed by atoms with E-state index in [2.05, 4.69) is 36.1 Å². The Balaban J connectivity index is 1.45. The molecule has 210 valence electrons. The van der Waals surface area contributed by atoms with Gasteiger partial charge in [-0.3, -0.25) is 4.90 Å². The molecule has 0 amide bonds. The maximum absolute atomic E-state index is 13.9. The molecule has 7 nitrogen and oxygen atoms in total. The van der Waals surface area contributed by atoms with Crippen molar-refractivity contribution in [3.8, 4) is 0 Å². The molecule has 0 radical (unpaired) electrons. The lowest BCUT2D eigenvalue weighted by atomic mass is 9.84. The van der Waals surface area contributed by atoms with Gasteiger partial charge in [0.1, 0.15) is 6.23 Å². The molecule has 1 fully saturated rings. The minimum atomic E-state index is -3.87. The lowest BCUT2D eigenvalue weighted by Gasteiger charge is -2.42. The summed E-state index contributed by atoms with van der Waals surface area (Å²) in [5, 5.41) is 0.819. The number of fused-ring (bicyclic) bond motifs is 6. The average molecular weight is 569 g/mol. The van der Waals surface area contributed by atoms with Crippen molar-refractivity contribution in [2.75, 3.05) is 6.61 Å². The fraction of sp³-hybridized carbons (Fsp3) is 0.303. The van der Waals surface area contributed by atoms with E-state index in [-0.39, 0.29) is 41.8 Å². The Hall–Kier alpha value is -3.72. The smallest absolute Gasteiger partial charge is 0.334 e. The summed E-state index contributed by atoms with van der Waals surface area (Å²) in [6, 6.07) is 24.1. The molecule has 0 saturated carbocycles. The first kappa shape index (κ1) is 26.2. The number of carbonyl (C=O) groups is 1. The maximum Gasteiger partial charge on any atom is 0.334 e. The monoisotopic (exact) mass is 568 g/mol. The third-order valence-electron chi connectivity index (χ3n) is 8.76. The molecule has 3 heterocycles. The second kappa shape index (κ2) is 9.98. The number of esters is 1. The maximum atomic E-state index is 13.9. The minimum absolute atomic E-state index is 0.0110. The Morgan fingerprint density at radius 1 is 0.951 bits per heavy atom. The van der Waals surface area contributed by atoms with Crippen LogP contribution in [-0.2, 0) is 30.7 Å². The highest BCUT2D eigenvalue weighted by atomic mass is 32.2. The van der Waals surface area contributed by atoms with E-state index in [1.165, 1.54) is 15.1 Å². The summed E-state index contributed by atoms with van der Waals surface area (Å²) in [6.45, 7) is 4.15. The van der Waals surface area contributed by atoms with Crippen LogP contribution in [0.25, 0.3) is 10.9 Å². The van der Waals surface area contributed by atoms with Crippen molar-refractivity contribution in [3.63, 3.8) is 0 Å². The fourth-order valence-corrected chi connectivity index (χ4v) is 8.41. The largest absolute Gasteiger partial charge is 0.463 e. The molecule has 3 aliphatic rings. The number of ether oxygens (including phenoxy) is 2. The molecular formula is C33H32N2O5S. The van der Waals surface area contributed by atoms with Gasteiger partial charge in [-0.2, -0.15) is 0 Å². The van der Waals surface area contributed by atoms with Gasteiger partial charge in [0.2, 0.25) is 0 Å². The topological polar surface area (TPSA) is 77.8 Å². The van der Waals surface area contributed by atoms with Gasteiger partial charge in [0.25, 0.3) is 10.0 Å². The summed E-state index contributed by atoms with van der Waals surface area (Å²) in [5.41, 5.74) is 4.50. The summed E-state index contributed by atoms with van der Waals surface area (Å²) in [7, 11) is -3.87. The van der Waals surface area contributed by atoms with Gasteiger partial charge < -0.3 is 9.47 Å². The van der Waals surface area contributed by atoms with Crippen molar-refractivity contribution in [2.45, 2.75) is 56.0 Å². The lowest BCUT2D eigenvalue weighted by molar-refractivity contribution is -0.141. The second-order valence-electron chi connectivity index (χ2n) is 10.9. The van der Waals surface area contributed by atoms with Gasteiger partial charge in [-0.25, -0.2) is 17.2 Å². The van der Waals surface area contributed by atoms with Crippen molar-refractivity contribution < 1.29 is 22.7 Å². The Bertz CT molecular complexity index is 1780. The molecule has 4 aromatic rings. The van der Waals surface area contributed by atoms with Gasteiger partial charge in [-0.15, -0.1) is 0 Å². The van der Waals surface area contributed by atoms with Crippen LogP contribution in [0.15, 0.2) is 102 Å². The lowest BCUT2D eigenvalue weighted by Crippen LogP contribution is -2.45. The fourth-order valence-electron chi connectivity index (χ4n) is 7.01. The Morgan fingerprint density at radius 2 is 1.68 bits per heavy atom. The van der Waals surface area contributed by atoms with E-state index >= 15 is 0 Å². The van der Waals surface area contributed by atoms with Crippen LogP contribution < -0.4 is 0 Å². The van der Waals surface area contributed by atoms with Crippen LogP contribution in [0.5, 0.6) is 0 Å². The third-order valence-corrected chi connectivity index (χ3v) is 10.4. The van der Waals surface area contributed by atoms with E-state index in [1.807, 2.05) is 37.3 Å². The zero-order valence-corrected chi connectivity index (χ0v) is 23.8. The van der Waals surface area contributed by atoms with Crippen LogP contribution in [0.1, 0.15) is 49.0 Å². The van der Waals surface area contributed by atoms with Crippen LogP contribution in [0.4, 0.5) is 0 Å². The van der Waals surface area contributed by atoms with Crippen LogP contribution in [0.3, 0.4) is 0 Å². The van der Waals surface area contributed by atoms with Gasteiger partial charge in [0.15, 0.2) is 0 Å². The highest BCUT2D eigenvalue weighted by Gasteiger charge is 2.55. The molecule has 2 aliphatic heterocycles. The predicted molar refractivity (Wildman–Crippen MR) is 156 cm³/mol. The van der Waals surface area contributed by atoms with Gasteiger partial charge in [-0.05, 0) is 42.7 Å². The molecule has 1 aliphatic carbocycles. The number of aromatic nitrogens is 1. The van der Waals surface area contributed by atoms with Gasteiger partial charge in [-0.1, -0.05) is 73.7 Å². The van der Waals surface area contributed by atoms with Crippen molar-refractivity contribution in [3.05, 3.63) is 113 Å². The standard InChI is InChI=1S/C33H32N2O5S/c1-3-23-26(33(36)39-4-2)19-29(35-31-24-15-9-8-12-21(24)18-30(31)40-32(23)35)27-20-34(28-17-11-10-16-25(27)28)41(37,38)22-13-6-5-7-14-22/h5-17,19-20,23,29-32H,3-4,18H2,1-2H3/t23-,29-,30+,31-,32+/m0/s1. The van der Waals surface area contributed by atoms with E-state index in [9.17, 15) is 13.2 Å². The van der Waals surface area contributed by atoms with E-state index in [0.29, 0.717) is 17.5 Å². The van der Waals surface area contributed by atoms with Crippen LogP contribution in [0, 0.1) is 5.92 Å².